The van der Waals surface area contributed by atoms with Crippen molar-refractivity contribution in [3.63, 3.8) is 0 Å². The fraction of sp³-hybridized carbons (Fsp3) is 0.114. The molecule has 0 saturated carbocycles. The monoisotopic (exact) mass is 954 g/mol. The van der Waals surface area contributed by atoms with Crippen molar-refractivity contribution in [3.8, 4) is 39.4 Å². The number of nitrogens with zero attached hydrogens (tertiary/aromatic N) is 4. The van der Waals surface area contributed by atoms with Crippen LogP contribution in [-0.2, 0) is 10.8 Å². The van der Waals surface area contributed by atoms with Gasteiger partial charge in [0.2, 0.25) is 0 Å². The van der Waals surface area contributed by atoms with Gasteiger partial charge in [-0.1, -0.05) is 199 Å². The van der Waals surface area contributed by atoms with E-state index in [1.807, 2.05) is 0 Å². The molecule has 4 heteroatoms. The van der Waals surface area contributed by atoms with Crippen molar-refractivity contribution in [3.05, 3.63) is 254 Å². The summed E-state index contributed by atoms with van der Waals surface area (Å²) in [5.41, 5.74) is 19.9. The van der Waals surface area contributed by atoms with Gasteiger partial charge >= 0.3 is 0 Å². The van der Waals surface area contributed by atoms with Crippen LogP contribution in [0.2, 0.25) is 0 Å². The predicted molar refractivity (Wildman–Crippen MR) is 315 cm³/mol. The Bertz CT molecular complexity index is 4220. The Morgan fingerprint density at radius 3 is 1.42 bits per heavy atom. The van der Waals surface area contributed by atoms with Crippen molar-refractivity contribution >= 4 is 71.6 Å². The van der Waals surface area contributed by atoms with Gasteiger partial charge in [0.15, 0.2) is 0 Å². The van der Waals surface area contributed by atoms with Gasteiger partial charge in [-0.3, -0.25) is 0 Å². The third-order valence-electron chi connectivity index (χ3n) is 15.1. The van der Waals surface area contributed by atoms with Gasteiger partial charge in [-0.25, -0.2) is 0 Å². The number of aromatic nitrogens is 3. The summed E-state index contributed by atoms with van der Waals surface area (Å²) in [6, 6.07) is 89.7. The molecule has 3 aromatic heterocycles. The van der Waals surface area contributed by atoms with Gasteiger partial charge in [0, 0.05) is 66.6 Å². The second-order valence-electron chi connectivity index (χ2n) is 21.8. The lowest BCUT2D eigenvalue weighted by molar-refractivity contribution is 0.590. The topological polar surface area (TPSA) is 18.0 Å². The molecule has 13 rings (SSSR count). The molecule has 74 heavy (non-hydrogen) atoms. The molecule has 0 aliphatic rings. The summed E-state index contributed by atoms with van der Waals surface area (Å²) in [6.07, 6.45) is 0. The highest BCUT2D eigenvalue weighted by Gasteiger charge is 2.27. The van der Waals surface area contributed by atoms with E-state index in [1.165, 1.54) is 65.9 Å². The molecular formula is C70H58N4. The molecule has 0 radical (unpaired) electrons. The lowest BCUT2D eigenvalue weighted by Gasteiger charge is -2.28. The number of hydrogen-bond donors (Lipinski definition) is 0. The minimum Gasteiger partial charge on any atom is -0.310 e. The Balaban J connectivity index is 1.07. The SMILES string of the molecule is CC(C)(C)c1ccc(N(c2cccc(-n3c4ccccc4c4ccc5c(-c6ccccc6)c(-c6ccccc6)n(-c6ccccc6)c5c43)c2)c2ccc3c(c2)c2ccccc2n3-c2ccc(C(C)(C)C)cc2)cc1. The van der Waals surface area contributed by atoms with E-state index in [9.17, 15) is 0 Å². The van der Waals surface area contributed by atoms with Crippen LogP contribution in [0.1, 0.15) is 52.7 Å². The number of fused-ring (bicyclic) bond motifs is 8. The Kier molecular flexibility index (Phi) is 10.6. The average Bonchev–Trinajstić information content (AvgIpc) is 4.09. The van der Waals surface area contributed by atoms with Gasteiger partial charge in [-0.15, -0.1) is 0 Å². The Morgan fingerprint density at radius 2 is 0.770 bits per heavy atom. The molecule has 0 aliphatic heterocycles. The van der Waals surface area contributed by atoms with Crippen LogP contribution in [-0.4, -0.2) is 13.7 Å². The minimum absolute atomic E-state index is 0.00906. The standard InChI is InChI=1S/C70H58N4/c1-69(2,3)49-33-37-52(38-34-49)71(56-41-44-64-61(46-56)58-30-17-18-31-62(58)72(64)53-39-35-50(36-40-53)70(4,5)6)54-27-20-28-55(45-54)73-63-32-19-16-29-57(63)59-42-43-60-65(47-21-10-7-11-22-47)66(48-23-12-8-13-24-48)74(68(60)67(59)73)51-25-14-9-15-26-51/h7-46H,1-6H3. The number of para-hydroxylation sites is 3. The molecule has 0 fully saturated rings. The smallest absolute Gasteiger partial charge is 0.0789 e. The van der Waals surface area contributed by atoms with Crippen LogP contribution in [0.15, 0.2) is 243 Å². The van der Waals surface area contributed by atoms with E-state index in [2.05, 4.69) is 303 Å². The van der Waals surface area contributed by atoms with Crippen molar-refractivity contribution in [1.82, 2.24) is 13.7 Å². The number of hydrogen-bond acceptors (Lipinski definition) is 1. The summed E-state index contributed by atoms with van der Waals surface area (Å²) in [6.45, 7) is 13.7. The molecule has 0 spiro atoms. The van der Waals surface area contributed by atoms with Crippen molar-refractivity contribution in [1.29, 1.82) is 0 Å². The molecule has 4 nitrogen and oxygen atoms in total. The zero-order valence-electron chi connectivity index (χ0n) is 42.9. The maximum absolute atomic E-state index is 2.52. The summed E-state index contributed by atoms with van der Waals surface area (Å²) in [5, 5.41) is 6.05. The molecule has 13 aromatic rings. The van der Waals surface area contributed by atoms with E-state index in [4.69, 9.17) is 0 Å². The third-order valence-corrected chi connectivity index (χ3v) is 15.1. The van der Waals surface area contributed by atoms with Crippen LogP contribution in [0.25, 0.3) is 94.0 Å². The Hall–Kier alpha value is -8.86. The summed E-state index contributed by atoms with van der Waals surface area (Å²) < 4.78 is 7.45. The van der Waals surface area contributed by atoms with Crippen LogP contribution in [0.3, 0.4) is 0 Å². The Morgan fingerprint density at radius 1 is 0.297 bits per heavy atom. The van der Waals surface area contributed by atoms with Crippen LogP contribution in [0, 0.1) is 0 Å². The molecule has 10 aromatic carbocycles. The third kappa shape index (κ3) is 7.43. The van der Waals surface area contributed by atoms with Crippen LogP contribution < -0.4 is 4.90 Å². The van der Waals surface area contributed by atoms with Crippen LogP contribution in [0.4, 0.5) is 17.1 Å². The van der Waals surface area contributed by atoms with E-state index >= 15 is 0 Å². The summed E-state index contributed by atoms with van der Waals surface area (Å²) in [4.78, 5) is 2.44. The second-order valence-corrected chi connectivity index (χ2v) is 21.8. The molecule has 0 N–H and O–H groups in total. The average molecular weight is 955 g/mol. The lowest BCUT2D eigenvalue weighted by atomic mass is 9.87. The molecule has 0 unspecified atom stereocenters. The van der Waals surface area contributed by atoms with E-state index in [-0.39, 0.29) is 10.8 Å². The highest BCUT2D eigenvalue weighted by Crippen LogP contribution is 2.48. The van der Waals surface area contributed by atoms with Crippen molar-refractivity contribution in [2.45, 2.75) is 52.4 Å². The minimum atomic E-state index is 0.00906. The van der Waals surface area contributed by atoms with E-state index in [0.29, 0.717) is 0 Å². The molecule has 0 amide bonds. The summed E-state index contributed by atoms with van der Waals surface area (Å²) in [7, 11) is 0. The van der Waals surface area contributed by atoms with Gasteiger partial charge in [0.25, 0.3) is 0 Å². The molecule has 358 valence electrons. The summed E-state index contributed by atoms with van der Waals surface area (Å²) >= 11 is 0. The van der Waals surface area contributed by atoms with Crippen LogP contribution in [0.5, 0.6) is 0 Å². The first kappa shape index (κ1) is 45.0. The molecule has 0 bridgehead atoms. The summed E-state index contributed by atoms with van der Waals surface area (Å²) in [5.74, 6) is 0. The lowest BCUT2D eigenvalue weighted by Crippen LogP contribution is -2.13. The van der Waals surface area contributed by atoms with Crippen molar-refractivity contribution < 1.29 is 0 Å². The quantitative estimate of drug-likeness (QED) is 0.148. The highest BCUT2D eigenvalue weighted by molar-refractivity contribution is 6.22. The van der Waals surface area contributed by atoms with Gasteiger partial charge in [-0.05, 0) is 118 Å². The van der Waals surface area contributed by atoms with Gasteiger partial charge < -0.3 is 18.6 Å². The zero-order valence-corrected chi connectivity index (χ0v) is 42.9. The largest absolute Gasteiger partial charge is 0.310 e. The normalized spacial score (nSPS) is 12.2. The van der Waals surface area contributed by atoms with Gasteiger partial charge in [0.05, 0.1) is 33.3 Å². The fourth-order valence-corrected chi connectivity index (χ4v) is 11.5. The first-order valence-corrected chi connectivity index (χ1v) is 25.9. The maximum atomic E-state index is 2.52. The van der Waals surface area contributed by atoms with Crippen molar-refractivity contribution in [2.75, 3.05) is 4.90 Å². The fourth-order valence-electron chi connectivity index (χ4n) is 11.5. The van der Waals surface area contributed by atoms with Gasteiger partial charge in [-0.2, -0.15) is 0 Å². The second kappa shape index (κ2) is 17.4. The molecule has 0 atom stereocenters. The first-order chi connectivity index (χ1) is 36.0. The van der Waals surface area contributed by atoms with E-state index < -0.39 is 0 Å². The molecule has 0 saturated heterocycles. The number of anilines is 3. The van der Waals surface area contributed by atoms with E-state index in [1.54, 1.807) is 0 Å². The van der Waals surface area contributed by atoms with E-state index in [0.717, 1.165) is 56.2 Å². The van der Waals surface area contributed by atoms with Crippen LogP contribution >= 0.6 is 0 Å². The maximum Gasteiger partial charge on any atom is 0.0789 e. The zero-order chi connectivity index (χ0) is 50.3. The molecule has 3 heterocycles. The number of benzene rings is 10. The number of rotatable bonds is 8. The molecule has 0 aliphatic carbocycles. The van der Waals surface area contributed by atoms with Gasteiger partial charge in [0.1, 0.15) is 0 Å². The first-order valence-electron chi connectivity index (χ1n) is 25.9. The predicted octanol–water partition coefficient (Wildman–Crippen LogP) is 19.2. The highest BCUT2D eigenvalue weighted by atomic mass is 15.1. The van der Waals surface area contributed by atoms with Crippen molar-refractivity contribution in [2.24, 2.45) is 0 Å². The molecular weight excluding hydrogens is 897 g/mol. The Labute approximate surface area is 433 Å².